The molecule has 0 unspecified atom stereocenters. The molecule has 2 N–H and O–H groups in total. The SMILES string of the molecule is CC[C@@H](C(=O)Nc1cccc(OC)c1)n1c(=O)[nH]c2ccccc2c1=O. The Morgan fingerprint density at radius 2 is 1.96 bits per heavy atom. The number of hydrogen-bond donors (Lipinski definition) is 2. The molecule has 0 saturated carbocycles. The summed E-state index contributed by atoms with van der Waals surface area (Å²) in [5, 5.41) is 3.10. The highest BCUT2D eigenvalue weighted by molar-refractivity contribution is 5.94. The molecule has 0 bridgehead atoms. The Kier molecular flexibility index (Phi) is 4.88. The van der Waals surface area contributed by atoms with E-state index in [4.69, 9.17) is 4.74 Å². The van der Waals surface area contributed by atoms with Crippen molar-refractivity contribution in [1.82, 2.24) is 9.55 Å². The smallest absolute Gasteiger partial charge is 0.329 e. The number of H-pyrrole nitrogens is 1. The van der Waals surface area contributed by atoms with E-state index < -0.39 is 23.2 Å². The quantitative estimate of drug-likeness (QED) is 0.736. The fourth-order valence-electron chi connectivity index (χ4n) is 2.87. The molecule has 3 aromatic rings. The van der Waals surface area contributed by atoms with Crippen LogP contribution in [0.15, 0.2) is 58.1 Å². The van der Waals surface area contributed by atoms with E-state index in [9.17, 15) is 14.4 Å². The summed E-state index contributed by atoms with van der Waals surface area (Å²) in [7, 11) is 1.53. The number of aromatic nitrogens is 2. The lowest BCUT2D eigenvalue weighted by Gasteiger charge is -2.17. The van der Waals surface area contributed by atoms with Crippen LogP contribution in [0.3, 0.4) is 0 Å². The van der Waals surface area contributed by atoms with Crippen LogP contribution >= 0.6 is 0 Å². The lowest BCUT2D eigenvalue weighted by molar-refractivity contribution is -0.119. The van der Waals surface area contributed by atoms with Gasteiger partial charge in [0, 0.05) is 11.8 Å². The number of fused-ring (bicyclic) bond motifs is 1. The number of para-hydroxylation sites is 1. The predicted octanol–water partition coefficient (Wildman–Crippen LogP) is 2.29. The summed E-state index contributed by atoms with van der Waals surface area (Å²) in [5.74, 6) is 0.153. The Balaban J connectivity index is 2.00. The number of rotatable bonds is 5. The molecule has 2 aromatic carbocycles. The summed E-state index contributed by atoms with van der Waals surface area (Å²) in [6, 6.07) is 12.7. The summed E-state index contributed by atoms with van der Waals surface area (Å²) in [5.41, 5.74) is -0.127. The topological polar surface area (TPSA) is 93.2 Å². The van der Waals surface area contributed by atoms with Crippen molar-refractivity contribution in [2.45, 2.75) is 19.4 Å². The molecule has 1 atom stereocenters. The first kappa shape index (κ1) is 17.5. The molecule has 26 heavy (non-hydrogen) atoms. The highest BCUT2D eigenvalue weighted by Gasteiger charge is 2.23. The van der Waals surface area contributed by atoms with Crippen LogP contribution in [0.4, 0.5) is 5.69 Å². The third-order valence-corrected chi connectivity index (χ3v) is 4.17. The zero-order valence-electron chi connectivity index (χ0n) is 14.5. The van der Waals surface area contributed by atoms with E-state index in [1.807, 2.05) is 0 Å². The Morgan fingerprint density at radius 1 is 1.19 bits per heavy atom. The normalized spacial score (nSPS) is 11.9. The van der Waals surface area contributed by atoms with Gasteiger partial charge in [0.2, 0.25) is 5.91 Å². The van der Waals surface area contributed by atoms with Crippen molar-refractivity contribution in [3.05, 3.63) is 69.4 Å². The lowest BCUT2D eigenvalue weighted by Crippen LogP contribution is -2.42. The molecule has 7 nitrogen and oxygen atoms in total. The van der Waals surface area contributed by atoms with Crippen molar-refractivity contribution in [1.29, 1.82) is 0 Å². The summed E-state index contributed by atoms with van der Waals surface area (Å²) in [6.07, 6.45) is 0.289. The van der Waals surface area contributed by atoms with Gasteiger partial charge in [-0.3, -0.25) is 9.59 Å². The van der Waals surface area contributed by atoms with Gasteiger partial charge >= 0.3 is 5.69 Å². The molecule has 0 fully saturated rings. The fourth-order valence-corrected chi connectivity index (χ4v) is 2.87. The van der Waals surface area contributed by atoms with Crippen molar-refractivity contribution in [3.8, 4) is 5.75 Å². The number of nitrogens with zero attached hydrogens (tertiary/aromatic N) is 1. The second kappa shape index (κ2) is 7.26. The fraction of sp³-hybridized carbons (Fsp3) is 0.211. The van der Waals surface area contributed by atoms with E-state index in [1.165, 1.54) is 7.11 Å². The number of anilines is 1. The van der Waals surface area contributed by atoms with E-state index in [2.05, 4.69) is 10.3 Å². The van der Waals surface area contributed by atoms with Crippen molar-refractivity contribution in [2.24, 2.45) is 0 Å². The van der Waals surface area contributed by atoms with Gasteiger partial charge in [0.25, 0.3) is 5.56 Å². The largest absolute Gasteiger partial charge is 0.497 e. The van der Waals surface area contributed by atoms with Gasteiger partial charge in [0.15, 0.2) is 0 Å². The van der Waals surface area contributed by atoms with Crippen molar-refractivity contribution in [3.63, 3.8) is 0 Å². The first-order valence-corrected chi connectivity index (χ1v) is 8.23. The number of hydrogen-bond acceptors (Lipinski definition) is 4. The molecular weight excluding hydrogens is 334 g/mol. The monoisotopic (exact) mass is 353 g/mol. The van der Waals surface area contributed by atoms with Gasteiger partial charge in [-0.1, -0.05) is 25.1 Å². The molecule has 1 heterocycles. The average molecular weight is 353 g/mol. The summed E-state index contributed by atoms with van der Waals surface area (Å²) < 4.78 is 6.10. The number of methoxy groups -OCH3 is 1. The van der Waals surface area contributed by atoms with Crippen molar-refractivity contribution < 1.29 is 9.53 Å². The predicted molar refractivity (Wildman–Crippen MR) is 99.8 cm³/mol. The van der Waals surface area contributed by atoms with E-state index in [1.54, 1.807) is 55.5 Å². The summed E-state index contributed by atoms with van der Waals surface area (Å²) >= 11 is 0. The van der Waals surface area contributed by atoms with Crippen LogP contribution in [0.1, 0.15) is 19.4 Å². The van der Waals surface area contributed by atoms with Crippen LogP contribution in [-0.2, 0) is 4.79 Å². The molecule has 0 saturated heterocycles. The van der Waals surface area contributed by atoms with E-state index in [0.29, 0.717) is 22.3 Å². The number of ether oxygens (including phenoxy) is 1. The molecule has 3 rings (SSSR count). The van der Waals surface area contributed by atoms with Gasteiger partial charge in [0.1, 0.15) is 11.8 Å². The summed E-state index contributed by atoms with van der Waals surface area (Å²) in [6.45, 7) is 1.75. The molecule has 1 aromatic heterocycles. The number of aromatic amines is 1. The Bertz CT molecular complexity index is 1070. The van der Waals surface area contributed by atoms with Gasteiger partial charge in [-0.25, -0.2) is 9.36 Å². The minimum Gasteiger partial charge on any atom is -0.497 e. The average Bonchev–Trinajstić information content (AvgIpc) is 2.65. The van der Waals surface area contributed by atoms with Crippen molar-refractivity contribution >= 4 is 22.5 Å². The second-order valence-corrected chi connectivity index (χ2v) is 5.80. The van der Waals surface area contributed by atoms with Gasteiger partial charge in [0.05, 0.1) is 18.0 Å². The number of benzene rings is 2. The maximum absolute atomic E-state index is 12.7. The van der Waals surface area contributed by atoms with Gasteiger partial charge in [-0.15, -0.1) is 0 Å². The molecule has 7 heteroatoms. The molecule has 0 aliphatic carbocycles. The van der Waals surface area contributed by atoms with Crippen LogP contribution in [0, 0.1) is 0 Å². The molecule has 0 radical (unpaired) electrons. The van der Waals surface area contributed by atoms with E-state index >= 15 is 0 Å². The second-order valence-electron chi connectivity index (χ2n) is 5.80. The molecule has 0 spiro atoms. The lowest BCUT2D eigenvalue weighted by atomic mass is 10.1. The Hall–Kier alpha value is -3.35. The van der Waals surface area contributed by atoms with Gasteiger partial charge in [-0.2, -0.15) is 0 Å². The van der Waals surface area contributed by atoms with E-state index in [0.717, 1.165) is 4.57 Å². The number of amides is 1. The van der Waals surface area contributed by atoms with E-state index in [-0.39, 0.29) is 6.42 Å². The Labute approximate surface area is 149 Å². The first-order valence-electron chi connectivity index (χ1n) is 8.23. The third kappa shape index (κ3) is 3.23. The van der Waals surface area contributed by atoms with Crippen LogP contribution in [0.2, 0.25) is 0 Å². The Morgan fingerprint density at radius 3 is 2.69 bits per heavy atom. The number of carbonyl (C=O) groups excluding carboxylic acids is 1. The maximum atomic E-state index is 12.7. The summed E-state index contributed by atoms with van der Waals surface area (Å²) in [4.78, 5) is 40.5. The number of nitrogens with one attached hydrogen (secondary N) is 2. The van der Waals surface area contributed by atoms with Gasteiger partial charge in [-0.05, 0) is 30.7 Å². The highest BCUT2D eigenvalue weighted by atomic mass is 16.5. The molecule has 134 valence electrons. The van der Waals surface area contributed by atoms with Gasteiger partial charge < -0.3 is 15.0 Å². The zero-order chi connectivity index (χ0) is 18.7. The third-order valence-electron chi connectivity index (χ3n) is 4.17. The minimum absolute atomic E-state index is 0.289. The highest BCUT2D eigenvalue weighted by Crippen LogP contribution is 2.19. The molecule has 0 aliphatic rings. The van der Waals surface area contributed by atoms with Crippen LogP contribution in [0.25, 0.3) is 10.9 Å². The first-order chi connectivity index (χ1) is 12.5. The molecule has 0 aliphatic heterocycles. The van der Waals surface area contributed by atoms with Crippen LogP contribution in [-0.4, -0.2) is 22.6 Å². The maximum Gasteiger partial charge on any atom is 0.329 e. The standard InChI is InChI=1S/C19H19N3O4/c1-3-16(17(23)20-12-7-6-8-13(11-12)26-2)22-18(24)14-9-4-5-10-15(14)21-19(22)25/h4-11,16H,3H2,1-2H3,(H,20,23)(H,21,25)/t16-/m0/s1. The molecular formula is C19H19N3O4. The zero-order valence-corrected chi connectivity index (χ0v) is 14.5. The van der Waals surface area contributed by atoms with Crippen molar-refractivity contribution in [2.75, 3.05) is 12.4 Å². The number of carbonyl (C=O) groups is 1. The minimum atomic E-state index is -0.929. The van der Waals surface area contributed by atoms with Crippen LogP contribution < -0.4 is 21.3 Å². The van der Waals surface area contributed by atoms with Crippen LogP contribution in [0.5, 0.6) is 5.75 Å². The molecule has 1 amide bonds.